The Hall–Kier alpha value is -2.37. The Morgan fingerprint density at radius 3 is 2.44 bits per heavy atom. The summed E-state index contributed by atoms with van der Waals surface area (Å²) in [5.74, 6) is 0.552. The molecule has 2 aromatic rings. The van der Waals surface area contributed by atoms with Crippen LogP contribution < -0.4 is 4.74 Å². The molecule has 1 heterocycles. The van der Waals surface area contributed by atoms with Crippen molar-refractivity contribution in [1.29, 1.82) is 0 Å². The van der Waals surface area contributed by atoms with Crippen molar-refractivity contribution in [2.75, 3.05) is 14.2 Å². The number of ketones is 1. The van der Waals surface area contributed by atoms with Crippen molar-refractivity contribution in [2.45, 2.75) is 47.2 Å². The van der Waals surface area contributed by atoms with E-state index in [1.54, 1.807) is 29.8 Å². The van der Waals surface area contributed by atoms with Gasteiger partial charge in [-0.05, 0) is 26.0 Å². The van der Waals surface area contributed by atoms with Crippen LogP contribution in [0.1, 0.15) is 45.1 Å². The van der Waals surface area contributed by atoms with Gasteiger partial charge in [-0.3, -0.25) is 14.3 Å². The number of amides is 1. The summed E-state index contributed by atoms with van der Waals surface area (Å²) in [6.07, 6.45) is 0. The second kappa shape index (κ2) is 6.86. The highest BCUT2D eigenvalue weighted by molar-refractivity contribution is 6.08. The Morgan fingerprint density at radius 1 is 1.28 bits per heavy atom. The summed E-state index contributed by atoms with van der Waals surface area (Å²) in [7, 11) is 3.35. The lowest BCUT2D eigenvalue weighted by Crippen LogP contribution is -2.35. The first kappa shape index (κ1) is 19.0. The molecule has 136 valence electrons. The van der Waals surface area contributed by atoms with Crippen molar-refractivity contribution in [1.82, 2.24) is 14.7 Å². The zero-order valence-corrected chi connectivity index (χ0v) is 16.1. The molecule has 6 heteroatoms. The van der Waals surface area contributed by atoms with Crippen molar-refractivity contribution in [3.05, 3.63) is 23.9 Å². The minimum atomic E-state index is -0.551. The van der Waals surface area contributed by atoms with Crippen LogP contribution in [0.3, 0.4) is 0 Å². The third-order valence-electron chi connectivity index (χ3n) is 4.31. The lowest BCUT2D eigenvalue weighted by molar-refractivity contribution is -0.132. The third kappa shape index (κ3) is 3.83. The number of ether oxygens (including phenoxy) is 1. The van der Waals surface area contributed by atoms with Gasteiger partial charge < -0.3 is 9.64 Å². The molecule has 0 radical (unpaired) electrons. The van der Waals surface area contributed by atoms with Gasteiger partial charge in [-0.1, -0.05) is 20.8 Å². The van der Waals surface area contributed by atoms with Gasteiger partial charge in [-0.25, -0.2) is 0 Å². The van der Waals surface area contributed by atoms with E-state index in [-0.39, 0.29) is 24.3 Å². The normalized spacial score (nSPS) is 11.8. The largest absolute Gasteiger partial charge is 0.497 e. The van der Waals surface area contributed by atoms with Crippen LogP contribution in [0.2, 0.25) is 0 Å². The lowest BCUT2D eigenvalue weighted by atomic mass is 9.88. The molecule has 1 amide bonds. The van der Waals surface area contributed by atoms with Crippen molar-refractivity contribution >= 4 is 22.6 Å². The summed E-state index contributed by atoms with van der Waals surface area (Å²) in [5, 5.41) is 5.21. The summed E-state index contributed by atoms with van der Waals surface area (Å²) in [4.78, 5) is 26.9. The number of fused-ring (bicyclic) bond motifs is 1. The van der Waals surface area contributed by atoms with Gasteiger partial charge in [0.1, 0.15) is 18.0 Å². The summed E-state index contributed by atoms with van der Waals surface area (Å²) in [6, 6.07) is 5.53. The van der Waals surface area contributed by atoms with E-state index in [2.05, 4.69) is 5.10 Å². The predicted molar refractivity (Wildman–Crippen MR) is 98.0 cm³/mol. The summed E-state index contributed by atoms with van der Waals surface area (Å²) < 4.78 is 6.88. The summed E-state index contributed by atoms with van der Waals surface area (Å²) >= 11 is 0. The molecule has 0 unspecified atom stereocenters. The number of hydrogen-bond acceptors (Lipinski definition) is 4. The Kier molecular flexibility index (Phi) is 5.20. The number of hydrogen-bond donors (Lipinski definition) is 0. The van der Waals surface area contributed by atoms with E-state index in [9.17, 15) is 9.59 Å². The highest BCUT2D eigenvalue weighted by Gasteiger charge is 2.28. The molecular formula is C19H27N3O3. The first-order valence-electron chi connectivity index (χ1n) is 8.41. The maximum atomic E-state index is 12.8. The van der Waals surface area contributed by atoms with Crippen LogP contribution in [0.25, 0.3) is 10.9 Å². The predicted octanol–water partition coefficient (Wildman–Crippen LogP) is 3.14. The van der Waals surface area contributed by atoms with E-state index < -0.39 is 5.41 Å². The fourth-order valence-corrected chi connectivity index (χ4v) is 2.45. The highest BCUT2D eigenvalue weighted by Crippen LogP contribution is 2.29. The van der Waals surface area contributed by atoms with Crippen molar-refractivity contribution in [3.8, 4) is 5.75 Å². The molecule has 0 aliphatic heterocycles. The van der Waals surface area contributed by atoms with Gasteiger partial charge in [-0.2, -0.15) is 5.10 Å². The molecule has 0 bridgehead atoms. The van der Waals surface area contributed by atoms with Crippen LogP contribution in [-0.4, -0.2) is 46.6 Å². The number of methoxy groups -OCH3 is 1. The van der Waals surface area contributed by atoms with Gasteiger partial charge in [0.2, 0.25) is 5.91 Å². The third-order valence-corrected chi connectivity index (χ3v) is 4.31. The van der Waals surface area contributed by atoms with Crippen LogP contribution in [0.5, 0.6) is 5.75 Å². The molecule has 0 saturated carbocycles. The van der Waals surface area contributed by atoms with E-state index in [0.717, 1.165) is 10.9 Å². The smallest absolute Gasteiger partial charge is 0.244 e. The number of likely N-dealkylation sites (N-methyl/N-ethyl adjacent to an activating group) is 1. The molecule has 25 heavy (non-hydrogen) atoms. The summed E-state index contributed by atoms with van der Waals surface area (Å²) in [6.45, 7) is 9.58. The Balaban J connectivity index is 2.55. The average molecular weight is 345 g/mol. The fraction of sp³-hybridized carbons (Fsp3) is 0.526. The molecule has 0 aliphatic carbocycles. The lowest BCUT2D eigenvalue weighted by Gasteiger charge is -2.21. The number of aromatic nitrogens is 2. The first-order chi connectivity index (χ1) is 11.6. The number of rotatable bonds is 5. The van der Waals surface area contributed by atoms with Gasteiger partial charge in [-0.15, -0.1) is 0 Å². The average Bonchev–Trinajstić information content (AvgIpc) is 2.89. The van der Waals surface area contributed by atoms with Crippen molar-refractivity contribution in [3.63, 3.8) is 0 Å². The standard InChI is InChI=1S/C19H27N3O3/c1-12(2)21(6)16(23)11-22-15-10-13(25-7)8-9-14(15)17(20-22)18(24)19(3,4)5/h8-10,12H,11H2,1-7H3. The number of Topliss-reactive ketones (excluding diaryl/α,β-unsaturated/α-hetero) is 1. The molecule has 2 rings (SSSR count). The van der Waals surface area contributed by atoms with Crippen LogP contribution in [0.4, 0.5) is 0 Å². The zero-order chi connectivity index (χ0) is 18.9. The molecule has 0 N–H and O–H groups in total. The quantitative estimate of drug-likeness (QED) is 0.781. The molecule has 1 aromatic heterocycles. The fourth-order valence-electron chi connectivity index (χ4n) is 2.45. The van der Waals surface area contributed by atoms with E-state index in [4.69, 9.17) is 4.74 Å². The minimum absolute atomic E-state index is 0.0499. The Bertz CT molecular complexity index is 800. The van der Waals surface area contributed by atoms with E-state index in [1.807, 2.05) is 46.8 Å². The molecule has 1 aromatic carbocycles. The van der Waals surface area contributed by atoms with Gasteiger partial charge in [0, 0.05) is 30.0 Å². The second-order valence-electron chi connectivity index (χ2n) is 7.57. The monoisotopic (exact) mass is 345 g/mol. The molecule has 0 fully saturated rings. The first-order valence-corrected chi connectivity index (χ1v) is 8.41. The topological polar surface area (TPSA) is 64.4 Å². The van der Waals surface area contributed by atoms with E-state index in [0.29, 0.717) is 11.4 Å². The Labute approximate surface area is 148 Å². The highest BCUT2D eigenvalue weighted by atomic mass is 16.5. The van der Waals surface area contributed by atoms with E-state index >= 15 is 0 Å². The van der Waals surface area contributed by atoms with Gasteiger partial charge >= 0.3 is 0 Å². The maximum absolute atomic E-state index is 12.8. The van der Waals surface area contributed by atoms with Crippen LogP contribution >= 0.6 is 0 Å². The molecule has 0 saturated heterocycles. The Morgan fingerprint density at radius 2 is 1.92 bits per heavy atom. The number of carbonyl (C=O) groups is 2. The summed E-state index contributed by atoms with van der Waals surface area (Å²) in [5.41, 5.74) is 0.563. The van der Waals surface area contributed by atoms with Gasteiger partial charge in [0.15, 0.2) is 5.78 Å². The van der Waals surface area contributed by atoms with Crippen molar-refractivity contribution in [2.24, 2.45) is 5.41 Å². The molecule has 0 spiro atoms. The van der Waals surface area contributed by atoms with E-state index in [1.165, 1.54) is 0 Å². The van der Waals surface area contributed by atoms with Crippen molar-refractivity contribution < 1.29 is 14.3 Å². The van der Waals surface area contributed by atoms with Gasteiger partial charge in [0.05, 0.1) is 12.6 Å². The van der Waals surface area contributed by atoms with Crippen LogP contribution in [0, 0.1) is 5.41 Å². The SMILES string of the molecule is COc1ccc2c(C(=O)C(C)(C)C)nn(CC(=O)N(C)C(C)C)c2c1. The maximum Gasteiger partial charge on any atom is 0.244 e. The zero-order valence-electron chi connectivity index (χ0n) is 16.1. The minimum Gasteiger partial charge on any atom is -0.497 e. The molecule has 0 atom stereocenters. The van der Waals surface area contributed by atoms with Gasteiger partial charge in [0.25, 0.3) is 0 Å². The number of benzene rings is 1. The molecular weight excluding hydrogens is 318 g/mol. The molecule has 0 aliphatic rings. The van der Waals surface area contributed by atoms with Crippen LogP contribution in [-0.2, 0) is 11.3 Å². The molecule has 6 nitrogen and oxygen atoms in total. The second-order valence-corrected chi connectivity index (χ2v) is 7.57. The van der Waals surface area contributed by atoms with Crippen LogP contribution in [0.15, 0.2) is 18.2 Å². The number of nitrogens with zero attached hydrogens (tertiary/aromatic N) is 3. The number of carbonyl (C=O) groups excluding carboxylic acids is 2.